The minimum Gasteiger partial charge on any atom is -0.309 e. The lowest BCUT2D eigenvalue weighted by Gasteiger charge is -2.32. The van der Waals surface area contributed by atoms with Gasteiger partial charge in [-0.25, -0.2) is 0 Å². The van der Waals surface area contributed by atoms with Crippen LogP contribution in [0.5, 0.6) is 0 Å². The van der Waals surface area contributed by atoms with E-state index in [4.69, 9.17) is 0 Å². The number of nitrogens with zero attached hydrogens (tertiary/aromatic N) is 1. The predicted molar refractivity (Wildman–Crippen MR) is 314 cm³/mol. The van der Waals surface area contributed by atoms with Gasteiger partial charge in [-0.3, -0.25) is 0 Å². The second kappa shape index (κ2) is 18.0. The van der Waals surface area contributed by atoms with Crippen molar-refractivity contribution >= 4 is 70.1 Å². The number of hydrogen-bond acceptors (Lipinski definition) is 2. The average Bonchev–Trinajstić information content (AvgIpc) is 3.80. The lowest BCUT2D eigenvalue weighted by molar-refractivity contribution is 0.569. The molecule has 0 aliphatic heterocycles. The quantitative estimate of drug-likeness (QED) is 0.147. The van der Waals surface area contributed by atoms with E-state index in [0.29, 0.717) is 0 Å². The fourth-order valence-corrected chi connectivity index (χ4v) is 12.0. The Balaban J connectivity index is 1.18. The monoisotopic (exact) mass is 943 g/mol. The Hall–Kier alpha value is -8.04. The van der Waals surface area contributed by atoms with Crippen LogP contribution in [0.3, 0.4) is 0 Å². The summed E-state index contributed by atoms with van der Waals surface area (Å²) in [7, 11) is 0. The number of fused-ring (bicyclic) bond motifs is 5. The molecule has 2 heteroatoms. The lowest BCUT2D eigenvalue weighted by Crippen LogP contribution is -2.16. The minimum atomic E-state index is -0.0272. The van der Waals surface area contributed by atoms with Crippen LogP contribution in [0.1, 0.15) is 52.7 Å². The third-order valence-electron chi connectivity index (χ3n) is 14.6. The molecule has 12 aromatic rings. The molecule has 12 rings (SSSR count). The Morgan fingerprint density at radius 1 is 0.292 bits per heavy atom. The lowest BCUT2D eigenvalue weighted by atomic mass is 9.78. The zero-order valence-corrected chi connectivity index (χ0v) is 42.7. The van der Waals surface area contributed by atoms with Gasteiger partial charge in [-0.1, -0.05) is 248 Å². The summed E-state index contributed by atoms with van der Waals surface area (Å²) in [6.07, 6.45) is 0. The average molecular weight is 944 g/mol. The molecule has 0 bridgehead atoms. The Morgan fingerprint density at radius 3 is 1.47 bits per heavy atom. The summed E-state index contributed by atoms with van der Waals surface area (Å²) < 4.78 is 2.58. The molecule has 0 radical (unpaired) electrons. The van der Waals surface area contributed by atoms with Crippen LogP contribution in [-0.2, 0) is 10.8 Å². The molecule has 0 N–H and O–H groups in total. The van der Waals surface area contributed by atoms with Crippen LogP contribution in [-0.4, -0.2) is 0 Å². The molecule has 0 amide bonds. The van der Waals surface area contributed by atoms with Gasteiger partial charge in [-0.2, -0.15) is 0 Å². The SMILES string of the molecule is CC(C)(C)c1cc(-c2cccc3cccc(-c4ccccc4N(c4cc(-c5cccc6ccccc56)ccc4-c4ccccc4)c4ccccc4-c4cccc5sc6ccccc6c45)c23)cc(C(C)(C)C)c1. The molecule has 1 aromatic heterocycles. The first kappa shape index (κ1) is 45.1. The molecule has 0 spiro atoms. The zero-order valence-electron chi connectivity index (χ0n) is 41.9. The highest BCUT2D eigenvalue weighted by molar-refractivity contribution is 7.25. The number of rotatable bonds is 8. The van der Waals surface area contributed by atoms with Gasteiger partial charge in [-0.15, -0.1) is 11.3 Å². The van der Waals surface area contributed by atoms with Crippen molar-refractivity contribution in [1.29, 1.82) is 0 Å². The molecule has 0 aliphatic carbocycles. The maximum atomic E-state index is 2.58. The van der Waals surface area contributed by atoms with E-state index >= 15 is 0 Å². The van der Waals surface area contributed by atoms with Crippen LogP contribution in [0, 0.1) is 0 Å². The Morgan fingerprint density at radius 2 is 0.792 bits per heavy atom. The van der Waals surface area contributed by atoms with Crippen LogP contribution >= 0.6 is 11.3 Å². The van der Waals surface area contributed by atoms with Crippen molar-refractivity contribution in [3.05, 3.63) is 248 Å². The molecule has 0 saturated carbocycles. The third-order valence-corrected chi connectivity index (χ3v) is 15.7. The summed E-state index contributed by atoms with van der Waals surface area (Å²) in [6, 6.07) is 88.4. The Kier molecular flexibility index (Phi) is 11.3. The summed E-state index contributed by atoms with van der Waals surface area (Å²) >= 11 is 1.87. The van der Waals surface area contributed by atoms with Crippen molar-refractivity contribution < 1.29 is 0 Å². The summed E-state index contributed by atoms with van der Waals surface area (Å²) in [5.41, 5.74) is 17.8. The summed E-state index contributed by atoms with van der Waals surface area (Å²) in [5.74, 6) is 0. The topological polar surface area (TPSA) is 3.24 Å². The van der Waals surface area contributed by atoms with E-state index in [-0.39, 0.29) is 10.8 Å². The standard InChI is InChI=1S/C70H57NS/c1-69(2,3)51-42-50(43-52(45-51)70(4,5)6)56-33-19-26-48-27-20-34-59(67(48)56)57-29-12-15-36-62(57)71(63-37-16-13-30-58(63)60-35-21-39-66-68(60)61-31-14-17-38-65(61)72-66)64-44-49(40-41-55(64)47-22-8-7-9-23-47)54-32-18-25-46-24-10-11-28-53(46)54/h7-45H,1-6H3. The van der Waals surface area contributed by atoms with Gasteiger partial charge in [0, 0.05) is 36.9 Å². The maximum Gasteiger partial charge on any atom is 0.0546 e. The number of thiophene rings is 1. The number of para-hydroxylation sites is 2. The first-order valence-corrected chi connectivity index (χ1v) is 26.1. The Bertz CT molecular complexity index is 3970. The number of anilines is 3. The fraction of sp³-hybridized carbons (Fsp3) is 0.114. The number of benzene rings is 11. The molecular weight excluding hydrogens is 887 g/mol. The van der Waals surface area contributed by atoms with E-state index in [1.54, 1.807) is 0 Å². The molecule has 348 valence electrons. The van der Waals surface area contributed by atoms with Crippen molar-refractivity contribution in [1.82, 2.24) is 0 Å². The second-order valence-corrected chi connectivity index (χ2v) is 22.4. The molecule has 72 heavy (non-hydrogen) atoms. The number of hydrogen-bond donors (Lipinski definition) is 0. The van der Waals surface area contributed by atoms with Crippen molar-refractivity contribution in [2.45, 2.75) is 52.4 Å². The summed E-state index contributed by atoms with van der Waals surface area (Å²) in [6.45, 7) is 14.0. The van der Waals surface area contributed by atoms with Crippen molar-refractivity contribution in [2.75, 3.05) is 4.90 Å². The van der Waals surface area contributed by atoms with Gasteiger partial charge in [0.15, 0.2) is 0 Å². The third kappa shape index (κ3) is 8.07. The highest BCUT2D eigenvalue weighted by Crippen LogP contribution is 2.52. The van der Waals surface area contributed by atoms with Gasteiger partial charge in [0.05, 0.1) is 17.1 Å². The van der Waals surface area contributed by atoms with Crippen LogP contribution in [0.4, 0.5) is 17.1 Å². The minimum absolute atomic E-state index is 0.0272. The van der Waals surface area contributed by atoms with Crippen LogP contribution in [0.25, 0.3) is 97.4 Å². The van der Waals surface area contributed by atoms with Crippen molar-refractivity contribution in [2.24, 2.45) is 0 Å². The van der Waals surface area contributed by atoms with Gasteiger partial charge in [0.2, 0.25) is 0 Å². The van der Waals surface area contributed by atoms with E-state index in [1.165, 1.54) is 86.2 Å². The van der Waals surface area contributed by atoms with Crippen molar-refractivity contribution in [3.63, 3.8) is 0 Å². The van der Waals surface area contributed by atoms with E-state index in [9.17, 15) is 0 Å². The molecule has 11 aromatic carbocycles. The van der Waals surface area contributed by atoms with E-state index < -0.39 is 0 Å². The first-order chi connectivity index (χ1) is 35.0. The first-order valence-electron chi connectivity index (χ1n) is 25.2. The fourth-order valence-electron chi connectivity index (χ4n) is 10.9. The van der Waals surface area contributed by atoms with Gasteiger partial charge < -0.3 is 4.90 Å². The molecule has 0 atom stereocenters. The molecule has 0 saturated heterocycles. The van der Waals surface area contributed by atoms with Crippen LogP contribution in [0.2, 0.25) is 0 Å². The highest BCUT2D eigenvalue weighted by atomic mass is 32.1. The van der Waals surface area contributed by atoms with Crippen LogP contribution in [0.15, 0.2) is 237 Å². The molecule has 1 nitrogen and oxygen atoms in total. The van der Waals surface area contributed by atoms with Crippen molar-refractivity contribution in [3.8, 4) is 55.6 Å². The normalized spacial score (nSPS) is 12.0. The van der Waals surface area contributed by atoms with Crippen LogP contribution < -0.4 is 4.90 Å². The summed E-state index contributed by atoms with van der Waals surface area (Å²) in [5, 5.41) is 7.48. The van der Waals surface area contributed by atoms with Gasteiger partial charge in [-0.05, 0) is 113 Å². The molecule has 0 fully saturated rings. The van der Waals surface area contributed by atoms with Gasteiger partial charge in [0.1, 0.15) is 0 Å². The zero-order chi connectivity index (χ0) is 49.1. The maximum absolute atomic E-state index is 2.58. The smallest absolute Gasteiger partial charge is 0.0546 e. The molecule has 0 unspecified atom stereocenters. The largest absolute Gasteiger partial charge is 0.309 e. The molecular formula is C70H57NS. The Labute approximate surface area is 428 Å². The highest BCUT2D eigenvalue weighted by Gasteiger charge is 2.27. The van der Waals surface area contributed by atoms with E-state index in [2.05, 4.69) is 283 Å². The van der Waals surface area contributed by atoms with E-state index in [0.717, 1.165) is 39.3 Å². The summed E-state index contributed by atoms with van der Waals surface area (Å²) in [4.78, 5) is 2.58. The molecule has 1 heterocycles. The molecule has 0 aliphatic rings. The van der Waals surface area contributed by atoms with Gasteiger partial charge in [0.25, 0.3) is 0 Å². The predicted octanol–water partition coefficient (Wildman–Crippen LogP) is 20.8. The van der Waals surface area contributed by atoms with E-state index in [1.807, 2.05) is 11.3 Å². The van der Waals surface area contributed by atoms with Gasteiger partial charge >= 0.3 is 0 Å². The second-order valence-electron chi connectivity index (χ2n) is 21.3.